The second-order valence-electron chi connectivity index (χ2n) is 5.88. The standard InChI is InChI=1S/C18H30O.C2H6O/c1-2-3-4-5-6-7-8-9-10-11-14-17-15-12-13-16-18(17)19;1-2-3/h12-13,15-16,19H,2-11,14H2,1H3;3H,2H2,1H3. The number of phenolic OH excluding ortho intramolecular Hbond substituents is 1. The molecule has 0 fully saturated rings. The van der Waals surface area contributed by atoms with Crippen LogP contribution in [0.25, 0.3) is 0 Å². The minimum atomic E-state index is 0.250. The number of benzene rings is 1. The molecule has 0 amide bonds. The summed E-state index contributed by atoms with van der Waals surface area (Å²) in [4.78, 5) is 0. The molecule has 0 radical (unpaired) electrons. The summed E-state index contributed by atoms with van der Waals surface area (Å²) < 4.78 is 0. The van der Waals surface area contributed by atoms with Crippen molar-refractivity contribution in [2.24, 2.45) is 0 Å². The average Bonchev–Trinajstić information content (AvgIpc) is 2.51. The van der Waals surface area contributed by atoms with Gasteiger partial charge in [0.05, 0.1) is 0 Å². The lowest BCUT2D eigenvalue weighted by atomic mass is 10.0. The number of rotatable bonds is 11. The van der Waals surface area contributed by atoms with Crippen molar-refractivity contribution in [1.82, 2.24) is 0 Å². The zero-order valence-electron chi connectivity index (χ0n) is 14.7. The number of aromatic hydroxyl groups is 1. The van der Waals surface area contributed by atoms with Gasteiger partial charge < -0.3 is 10.2 Å². The lowest BCUT2D eigenvalue weighted by molar-refractivity contribution is 0.318. The van der Waals surface area contributed by atoms with Gasteiger partial charge in [0.15, 0.2) is 0 Å². The van der Waals surface area contributed by atoms with Gasteiger partial charge in [-0.05, 0) is 31.4 Å². The van der Waals surface area contributed by atoms with E-state index in [-0.39, 0.29) is 6.61 Å². The Morgan fingerprint density at radius 3 is 1.68 bits per heavy atom. The number of para-hydroxylation sites is 1. The molecule has 1 rings (SSSR count). The largest absolute Gasteiger partial charge is 0.508 e. The summed E-state index contributed by atoms with van der Waals surface area (Å²) in [5.41, 5.74) is 1.10. The van der Waals surface area contributed by atoms with Crippen LogP contribution in [0.1, 0.15) is 83.6 Å². The van der Waals surface area contributed by atoms with Crippen LogP contribution in [-0.2, 0) is 6.42 Å². The van der Waals surface area contributed by atoms with Crippen LogP contribution in [-0.4, -0.2) is 16.8 Å². The summed E-state index contributed by atoms with van der Waals surface area (Å²) in [5, 5.41) is 17.2. The van der Waals surface area contributed by atoms with Crippen LogP contribution in [0.5, 0.6) is 5.75 Å². The van der Waals surface area contributed by atoms with Crippen LogP contribution < -0.4 is 0 Å². The Kier molecular flexibility index (Phi) is 15.6. The van der Waals surface area contributed by atoms with Gasteiger partial charge in [-0.3, -0.25) is 0 Å². The smallest absolute Gasteiger partial charge is 0.118 e. The maximum atomic E-state index is 9.65. The Labute approximate surface area is 137 Å². The first-order chi connectivity index (χ1) is 10.8. The highest BCUT2D eigenvalue weighted by molar-refractivity contribution is 5.31. The third kappa shape index (κ3) is 12.7. The molecule has 0 aliphatic rings. The number of phenols is 1. The molecule has 2 heteroatoms. The molecule has 0 saturated carbocycles. The monoisotopic (exact) mass is 308 g/mol. The van der Waals surface area contributed by atoms with Gasteiger partial charge in [-0.15, -0.1) is 0 Å². The SMILES string of the molecule is CCCCCCCCCCCCc1ccccc1O.CCO. The number of unbranched alkanes of at least 4 members (excludes halogenated alkanes) is 9. The van der Waals surface area contributed by atoms with E-state index in [2.05, 4.69) is 6.92 Å². The minimum absolute atomic E-state index is 0.250. The van der Waals surface area contributed by atoms with Gasteiger partial charge in [0.1, 0.15) is 5.75 Å². The Morgan fingerprint density at radius 2 is 1.18 bits per heavy atom. The third-order valence-corrected chi connectivity index (χ3v) is 3.79. The lowest BCUT2D eigenvalue weighted by Gasteiger charge is -2.04. The second-order valence-corrected chi connectivity index (χ2v) is 5.88. The molecule has 0 aromatic heterocycles. The van der Waals surface area contributed by atoms with Crippen molar-refractivity contribution in [3.05, 3.63) is 29.8 Å². The van der Waals surface area contributed by atoms with Gasteiger partial charge in [0, 0.05) is 6.61 Å². The van der Waals surface area contributed by atoms with Crippen LogP contribution in [0.3, 0.4) is 0 Å². The van der Waals surface area contributed by atoms with Gasteiger partial charge >= 0.3 is 0 Å². The summed E-state index contributed by atoms with van der Waals surface area (Å²) >= 11 is 0. The normalized spacial score (nSPS) is 10.1. The fraction of sp³-hybridized carbons (Fsp3) is 0.700. The highest BCUT2D eigenvalue weighted by atomic mass is 16.3. The van der Waals surface area contributed by atoms with E-state index in [0.717, 1.165) is 12.0 Å². The number of aliphatic hydroxyl groups excluding tert-OH is 1. The van der Waals surface area contributed by atoms with Crippen molar-refractivity contribution in [3.8, 4) is 5.75 Å². The molecule has 0 aliphatic heterocycles. The number of aliphatic hydroxyl groups is 1. The molecule has 1 aromatic carbocycles. The van der Waals surface area contributed by atoms with E-state index < -0.39 is 0 Å². The zero-order chi connectivity index (χ0) is 16.5. The molecule has 0 bridgehead atoms. The van der Waals surface area contributed by atoms with Crippen LogP contribution >= 0.6 is 0 Å². The lowest BCUT2D eigenvalue weighted by Crippen LogP contribution is -1.87. The molecule has 0 unspecified atom stereocenters. The quantitative estimate of drug-likeness (QED) is 0.503. The summed E-state index contributed by atoms with van der Waals surface area (Å²) in [6.07, 6.45) is 14.6. The Hall–Kier alpha value is -1.02. The van der Waals surface area contributed by atoms with E-state index >= 15 is 0 Å². The molecule has 0 saturated heterocycles. The van der Waals surface area contributed by atoms with Gasteiger partial charge in [-0.25, -0.2) is 0 Å². The van der Waals surface area contributed by atoms with E-state index in [1.165, 1.54) is 64.2 Å². The average molecular weight is 309 g/mol. The maximum Gasteiger partial charge on any atom is 0.118 e. The third-order valence-electron chi connectivity index (χ3n) is 3.79. The molecule has 0 atom stereocenters. The highest BCUT2D eigenvalue weighted by Gasteiger charge is 1.99. The first-order valence-corrected chi connectivity index (χ1v) is 9.13. The van der Waals surface area contributed by atoms with E-state index in [1.807, 2.05) is 18.2 Å². The maximum absolute atomic E-state index is 9.65. The highest BCUT2D eigenvalue weighted by Crippen LogP contribution is 2.19. The molecular weight excluding hydrogens is 272 g/mol. The molecule has 0 heterocycles. The zero-order valence-corrected chi connectivity index (χ0v) is 14.7. The topological polar surface area (TPSA) is 40.5 Å². The van der Waals surface area contributed by atoms with E-state index in [1.54, 1.807) is 13.0 Å². The fourth-order valence-electron chi connectivity index (χ4n) is 2.53. The molecule has 128 valence electrons. The number of hydrogen-bond donors (Lipinski definition) is 2. The second kappa shape index (κ2) is 16.4. The predicted molar refractivity (Wildman–Crippen MR) is 96.4 cm³/mol. The summed E-state index contributed by atoms with van der Waals surface area (Å²) in [6.45, 7) is 4.20. The van der Waals surface area contributed by atoms with E-state index in [4.69, 9.17) is 5.11 Å². The fourth-order valence-corrected chi connectivity index (χ4v) is 2.53. The van der Waals surface area contributed by atoms with Gasteiger partial charge in [0.2, 0.25) is 0 Å². The molecule has 0 aliphatic carbocycles. The summed E-state index contributed by atoms with van der Waals surface area (Å²) in [6, 6.07) is 7.71. The Morgan fingerprint density at radius 1 is 0.727 bits per heavy atom. The van der Waals surface area contributed by atoms with Gasteiger partial charge in [-0.2, -0.15) is 0 Å². The molecule has 0 spiro atoms. The van der Waals surface area contributed by atoms with Gasteiger partial charge in [-0.1, -0.05) is 82.9 Å². The van der Waals surface area contributed by atoms with Gasteiger partial charge in [0.25, 0.3) is 0 Å². The minimum Gasteiger partial charge on any atom is -0.508 e. The number of aryl methyl sites for hydroxylation is 1. The summed E-state index contributed by atoms with van der Waals surface area (Å²) in [5.74, 6) is 0.457. The van der Waals surface area contributed by atoms with E-state index in [9.17, 15) is 5.11 Å². The Bertz CT molecular complexity index is 336. The van der Waals surface area contributed by atoms with E-state index in [0.29, 0.717) is 5.75 Å². The van der Waals surface area contributed by atoms with Crippen LogP contribution in [0, 0.1) is 0 Å². The van der Waals surface area contributed by atoms with Crippen molar-refractivity contribution < 1.29 is 10.2 Å². The van der Waals surface area contributed by atoms with Crippen LogP contribution in [0.2, 0.25) is 0 Å². The van der Waals surface area contributed by atoms with Crippen molar-refractivity contribution in [3.63, 3.8) is 0 Å². The Balaban J connectivity index is 0.00000135. The van der Waals surface area contributed by atoms with Crippen molar-refractivity contribution in [2.75, 3.05) is 6.61 Å². The molecule has 2 nitrogen and oxygen atoms in total. The summed E-state index contributed by atoms with van der Waals surface area (Å²) in [7, 11) is 0. The molecule has 1 aromatic rings. The first-order valence-electron chi connectivity index (χ1n) is 9.13. The van der Waals surface area contributed by atoms with Crippen LogP contribution in [0.4, 0.5) is 0 Å². The van der Waals surface area contributed by atoms with Crippen LogP contribution in [0.15, 0.2) is 24.3 Å². The van der Waals surface area contributed by atoms with Crippen molar-refractivity contribution >= 4 is 0 Å². The van der Waals surface area contributed by atoms with Crippen molar-refractivity contribution in [2.45, 2.75) is 84.5 Å². The molecular formula is C20H36O2. The molecule has 2 N–H and O–H groups in total. The predicted octanol–water partition coefficient (Wildman–Crippen LogP) is 5.85. The molecule has 22 heavy (non-hydrogen) atoms. The first kappa shape index (κ1) is 21.0. The van der Waals surface area contributed by atoms with Crippen molar-refractivity contribution in [1.29, 1.82) is 0 Å². The number of hydrogen-bond acceptors (Lipinski definition) is 2.